The first kappa shape index (κ1) is 70.4. The SMILES string of the molecule is O=C(OC[C@H]1O[C@@H](O[C@H]2[C@H](OC(=O)c3ccccc3)[C@@H](OC(=O)c3ccccc3)[C@H](O[C@H]3[C@H](OCc4ccccc4)[C@@H](OCc4ccccc4)[C@@H]4OC[C@H]3O4)O[C@@H]2COC(=O)c2ccccc2)[C@H](OC(=O)c2ccccc2)[C@@H](OC(=O)c2ccccc2)[C@H]1OC(=O)c1ccccc1)c1ccccc1. The van der Waals surface area contributed by atoms with Crippen molar-refractivity contribution in [3.63, 3.8) is 0 Å². The standard InChI is InChI=1S/C81H70O22/c82-72(53-32-14-3-15-33-53)91-48-60-64(97-74(84)55-36-18-5-19-37-55)67(98-75(85)56-38-20-6-21-39-56)70(100-77(87)58-42-24-8-25-43-58)81(95-60)103-65-61(49-92-73(83)54-34-16-4-17-35-54)96-80(71(101-78(88)59-44-26-9-27-45-59)68(65)99-76(86)57-40-22-7-23-41-57)102-63-62-50-93-79(94-62)69(90-47-52-30-12-2-13-31-52)66(63)89-46-51-28-10-1-11-29-51/h1-45,60-71,79-81H,46-50H2/t60-,61-,62-,63-,64+,65-,66+,67+,68+,69-,70-,71-,79-,80+,81+/m1/s1. The molecule has 2 bridgehead atoms. The topological polar surface area (TPSA) is 258 Å². The molecule has 0 spiro atoms. The zero-order valence-corrected chi connectivity index (χ0v) is 55.2. The third kappa shape index (κ3) is 17.6. The Morgan fingerprint density at radius 2 is 0.563 bits per heavy atom. The fourth-order valence-corrected chi connectivity index (χ4v) is 12.2. The van der Waals surface area contributed by atoms with Crippen LogP contribution in [0.25, 0.3) is 0 Å². The van der Waals surface area contributed by atoms with Crippen LogP contribution in [0.2, 0.25) is 0 Å². The fourth-order valence-electron chi connectivity index (χ4n) is 12.2. The number of esters is 7. The van der Waals surface area contributed by atoms with Crippen LogP contribution in [0.1, 0.15) is 83.6 Å². The van der Waals surface area contributed by atoms with Gasteiger partial charge in [-0.3, -0.25) is 0 Å². The summed E-state index contributed by atoms with van der Waals surface area (Å²) >= 11 is 0. The molecular formula is C81H70O22. The number of hydrogen-bond donors (Lipinski definition) is 0. The Balaban J connectivity index is 0.966. The Morgan fingerprint density at radius 1 is 0.282 bits per heavy atom. The van der Waals surface area contributed by atoms with Crippen LogP contribution in [0.4, 0.5) is 0 Å². The van der Waals surface area contributed by atoms with Gasteiger partial charge in [0.1, 0.15) is 55.9 Å². The predicted molar refractivity (Wildman–Crippen MR) is 363 cm³/mol. The number of fused-ring (bicyclic) bond motifs is 2. The molecule has 22 heteroatoms. The van der Waals surface area contributed by atoms with Gasteiger partial charge < -0.3 is 71.1 Å². The van der Waals surface area contributed by atoms with E-state index in [2.05, 4.69) is 0 Å². The average molecular weight is 1400 g/mol. The molecule has 0 aromatic heterocycles. The van der Waals surface area contributed by atoms with E-state index in [0.29, 0.717) is 0 Å². The molecule has 4 fully saturated rings. The summed E-state index contributed by atoms with van der Waals surface area (Å²) in [5, 5.41) is 0. The average Bonchev–Trinajstić information content (AvgIpc) is 1.60. The Kier molecular flexibility index (Phi) is 23.3. The number of carbonyl (C=O) groups excluding carboxylic acids is 7. The maximum Gasteiger partial charge on any atom is 0.338 e. The van der Waals surface area contributed by atoms with E-state index in [4.69, 9.17) is 71.1 Å². The summed E-state index contributed by atoms with van der Waals surface area (Å²) in [7, 11) is 0. The van der Waals surface area contributed by atoms with Gasteiger partial charge in [0.05, 0.1) is 58.8 Å². The number of ether oxygens (including phenoxy) is 15. The van der Waals surface area contributed by atoms with Gasteiger partial charge in [0.25, 0.3) is 0 Å². The van der Waals surface area contributed by atoms with Gasteiger partial charge in [-0.05, 0) is 96.1 Å². The number of hydrogen-bond acceptors (Lipinski definition) is 22. The van der Waals surface area contributed by atoms with Crippen molar-refractivity contribution in [3.8, 4) is 0 Å². The largest absolute Gasteiger partial charge is 0.459 e. The van der Waals surface area contributed by atoms with Crippen LogP contribution >= 0.6 is 0 Å². The lowest BCUT2D eigenvalue weighted by Gasteiger charge is -2.50. The van der Waals surface area contributed by atoms with Crippen molar-refractivity contribution in [2.45, 2.75) is 105 Å². The molecule has 9 aromatic carbocycles. The predicted octanol–water partition coefficient (Wildman–Crippen LogP) is 11.0. The molecule has 103 heavy (non-hydrogen) atoms. The van der Waals surface area contributed by atoms with Crippen LogP contribution in [0.15, 0.2) is 273 Å². The Morgan fingerprint density at radius 3 is 0.922 bits per heavy atom. The Labute approximate surface area is 592 Å². The molecule has 4 aliphatic rings. The summed E-state index contributed by atoms with van der Waals surface area (Å²) in [5.74, 6) is -6.77. The molecule has 0 unspecified atom stereocenters. The van der Waals surface area contributed by atoms with Crippen molar-refractivity contribution < 1.29 is 105 Å². The zero-order chi connectivity index (χ0) is 70.9. The zero-order valence-electron chi connectivity index (χ0n) is 55.2. The van der Waals surface area contributed by atoms with Crippen molar-refractivity contribution in [1.82, 2.24) is 0 Å². The molecule has 0 amide bonds. The third-order valence-electron chi connectivity index (χ3n) is 17.4. The highest BCUT2D eigenvalue weighted by molar-refractivity contribution is 5.93. The van der Waals surface area contributed by atoms with Crippen molar-refractivity contribution in [2.75, 3.05) is 19.8 Å². The van der Waals surface area contributed by atoms with Gasteiger partial charge in [0.2, 0.25) is 0 Å². The van der Waals surface area contributed by atoms with E-state index in [1.165, 1.54) is 84.9 Å². The van der Waals surface area contributed by atoms with Gasteiger partial charge in [-0.1, -0.05) is 188 Å². The summed E-state index contributed by atoms with van der Waals surface area (Å²) < 4.78 is 99.7. The molecule has 0 saturated carbocycles. The van der Waals surface area contributed by atoms with Crippen molar-refractivity contribution in [3.05, 3.63) is 323 Å². The van der Waals surface area contributed by atoms with E-state index < -0.39 is 147 Å². The third-order valence-corrected chi connectivity index (χ3v) is 17.4. The van der Waals surface area contributed by atoms with E-state index in [1.807, 2.05) is 60.7 Å². The van der Waals surface area contributed by atoms with Crippen LogP contribution in [-0.2, 0) is 84.3 Å². The van der Waals surface area contributed by atoms with E-state index in [0.717, 1.165) is 11.1 Å². The molecule has 9 aromatic rings. The molecule has 526 valence electrons. The van der Waals surface area contributed by atoms with Crippen LogP contribution in [0.5, 0.6) is 0 Å². The maximum atomic E-state index is 15.3. The highest BCUT2D eigenvalue weighted by Gasteiger charge is 2.61. The molecule has 4 aliphatic heterocycles. The first-order valence-electron chi connectivity index (χ1n) is 33.4. The van der Waals surface area contributed by atoms with Gasteiger partial charge in [-0.25, -0.2) is 33.6 Å². The van der Waals surface area contributed by atoms with E-state index in [1.54, 1.807) is 127 Å². The Bertz CT molecular complexity index is 4260. The normalized spacial score (nSPS) is 24.8. The van der Waals surface area contributed by atoms with Gasteiger partial charge in [0, 0.05) is 0 Å². The highest BCUT2D eigenvalue weighted by Crippen LogP contribution is 2.41. The number of benzene rings is 9. The second-order valence-electron chi connectivity index (χ2n) is 24.3. The first-order chi connectivity index (χ1) is 50.5. The molecule has 0 aliphatic carbocycles. The first-order valence-corrected chi connectivity index (χ1v) is 33.4. The van der Waals surface area contributed by atoms with E-state index in [9.17, 15) is 24.0 Å². The van der Waals surface area contributed by atoms with Crippen LogP contribution < -0.4 is 0 Å². The van der Waals surface area contributed by atoms with Gasteiger partial charge in [0.15, 0.2) is 49.4 Å². The van der Waals surface area contributed by atoms with Crippen LogP contribution in [0, 0.1) is 0 Å². The summed E-state index contributed by atoms with van der Waals surface area (Å²) in [5.41, 5.74) is 1.83. The van der Waals surface area contributed by atoms with E-state index >= 15 is 9.59 Å². The lowest BCUT2D eigenvalue weighted by atomic mass is 9.95. The van der Waals surface area contributed by atoms with Gasteiger partial charge in [-0.2, -0.15) is 0 Å². The lowest BCUT2D eigenvalue weighted by molar-refractivity contribution is -0.370. The van der Waals surface area contributed by atoms with Gasteiger partial charge in [-0.15, -0.1) is 0 Å². The molecular weight excluding hydrogens is 1320 g/mol. The van der Waals surface area contributed by atoms with Crippen molar-refractivity contribution >= 4 is 41.8 Å². The minimum Gasteiger partial charge on any atom is -0.459 e. The number of rotatable bonds is 26. The summed E-state index contributed by atoms with van der Waals surface area (Å²) in [6, 6.07) is 73.6. The van der Waals surface area contributed by atoms with Crippen molar-refractivity contribution in [1.29, 1.82) is 0 Å². The van der Waals surface area contributed by atoms with Crippen LogP contribution in [-0.4, -0.2) is 154 Å². The molecule has 4 saturated heterocycles. The molecule has 15 atom stereocenters. The molecule has 0 radical (unpaired) electrons. The van der Waals surface area contributed by atoms with Crippen molar-refractivity contribution in [2.24, 2.45) is 0 Å². The smallest absolute Gasteiger partial charge is 0.338 e. The monoisotopic (exact) mass is 1390 g/mol. The molecule has 4 heterocycles. The van der Waals surface area contributed by atoms with Gasteiger partial charge >= 0.3 is 41.8 Å². The molecule has 0 N–H and O–H groups in total. The number of carbonyl (C=O) groups is 7. The van der Waals surface area contributed by atoms with E-state index in [-0.39, 0.29) is 58.8 Å². The minimum absolute atomic E-state index is 0.00662. The Hall–Kier alpha value is -11.1. The van der Waals surface area contributed by atoms with Crippen LogP contribution in [0.3, 0.4) is 0 Å². The second-order valence-corrected chi connectivity index (χ2v) is 24.3. The molecule has 22 nitrogen and oxygen atoms in total. The molecule has 13 rings (SSSR count). The second kappa shape index (κ2) is 34.1. The fraction of sp³-hybridized carbons (Fsp3) is 0.247. The highest BCUT2D eigenvalue weighted by atomic mass is 16.8. The minimum atomic E-state index is -2.15. The summed E-state index contributed by atoms with van der Waals surface area (Å²) in [6.07, 6.45) is -24.5. The summed E-state index contributed by atoms with van der Waals surface area (Å²) in [6.45, 7) is -1.53. The maximum absolute atomic E-state index is 15.3. The summed E-state index contributed by atoms with van der Waals surface area (Å²) in [4.78, 5) is 103. The lowest BCUT2D eigenvalue weighted by Crippen LogP contribution is -2.68. The quantitative estimate of drug-likeness (QED) is 0.0360.